The van der Waals surface area contributed by atoms with E-state index in [0.29, 0.717) is 10.8 Å². The molecule has 1 aromatic heterocycles. The van der Waals surface area contributed by atoms with Crippen LogP contribution in [0.5, 0.6) is 0 Å². The number of benzene rings is 2. The molecule has 0 fully saturated rings. The molecule has 132 valence electrons. The molecule has 0 bridgehead atoms. The van der Waals surface area contributed by atoms with Gasteiger partial charge in [-0.05, 0) is 36.3 Å². The Bertz CT molecular complexity index is 1030. The Balaban J connectivity index is 1.70. The summed E-state index contributed by atoms with van der Waals surface area (Å²) in [6, 6.07) is 14.5. The monoisotopic (exact) mass is 367 g/mol. The van der Waals surface area contributed by atoms with E-state index in [1.54, 1.807) is 24.3 Å². The molecule has 0 aliphatic heterocycles. The van der Waals surface area contributed by atoms with Gasteiger partial charge in [0.05, 0.1) is 5.39 Å². The maximum absolute atomic E-state index is 12.4. The summed E-state index contributed by atoms with van der Waals surface area (Å²) >= 11 is 5.21. The fourth-order valence-corrected chi connectivity index (χ4v) is 2.73. The van der Waals surface area contributed by atoms with Gasteiger partial charge in [0.15, 0.2) is 10.8 Å². The molecule has 0 saturated heterocycles. The number of H-pyrrole nitrogens is 1. The number of amides is 1. The number of nitrogens with one attached hydrogen (secondary N) is 4. The van der Waals surface area contributed by atoms with Crippen molar-refractivity contribution in [3.05, 3.63) is 70.1 Å². The summed E-state index contributed by atoms with van der Waals surface area (Å²) in [5, 5.41) is 10.3. The summed E-state index contributed by atoms with van der Waals surface area (Å²) in [4.78, 5) is 24.2. The largest absolute Gasteiger partial charge is 0.331 e. The zero-order valence-electron chi connectivity index (χ0n) is 14.0. The number of rotatable bonds is 3. The molecule has 0 radical (unpaired) electrons. The van der Waals surface area contributed by atoms with E-state index in [1.807, 2.05) is 31.2 Å². The smallest absolute Gasteiger partial charge is 0.290 e. The van der Waals surface area contributed by atoms with Gasteiger partial charge < -0.3 is 5.32 Å². The molecule has 0 aliphatic carbocycles. The van der Waals surface area contributed by atoms with Crippen LogP contribution in [0.1, 0.15) is 23.0 Å². The van der Waals surface area contributed by atoms with Crippen molar-refractivity contribution in [2.75, 3.05) is 5.32 Å². The van der Waals surface area contributed by atoms with Gasteiger partial charge in [0.1, 0.15) is 0 Å². The number of carbonyl (C=O) groups is 1. The standard InChI is InChI=1S/C18H17N5O2S/c1-2-11-7-3-6-10-14(11)19-18(26)23-22-17(25)15-12-8-4-5-9-13(12)16(24)21-20-15/h3-10H,2H2,1H3,(H,21,24)(H,22,25)(H2,19,23,26). The maximum atomic E-state index is 12.4. The van der Waals surface area contributed by atoms with Crippen LogP contribution in [0.4, 0.5) is 5.69 Å². The first-order chi connectivity index (χ1) is 12.6. The average molecular weight is 367 g/mol. The second kappa shape index (κ2) is 7.75. The van der Waals surface area contributed by atoms with Gasteiger partial charge in [0.2, 0.25) is 0 Å². The first-order valence-electron chi connectivity index (χ1n) is 8.02. The van der Waals surface area contributed by atoms with Gasteiger partial charge in [-0.3, -0.25) is 20.4 Å². The van der Waals surface area contributed by atoms with Crippen molar-refractivity contribution in [1.82, 2.24) is 21.0 Å². The van der Waals surface area contributed by atoms with E-state index in [9.17, 15) is 9.59 Å². The molecule has 3 rings (SSSR count). The van der Waals surface area contributed by atoms with Crippen LogP contribution in [-0.4, -0.2) is 21.2 Å². The minimum Gasteiger partial charge on any atom is -0.331 e. The number of carbonyl (C=O) groups excluding carboxylic acids is 1. The third kappa shape index (κ3) is 3.70. The zero-order valence-corrected chi connectivity index (χ0v) is 14.8. The van der Waals surface area contributed by atoms with Crippen LogP contribution in [0.25, 0.3) is 10.8 Å². The minimum atomic E-state index is -0.509. The molecule has 0 atom stereocenters. The Morgan fingerprint density at radius 3 is 2.54 bits per heavy atom. The topological polar surface area (TPSA) is 98.9 Å². The predicted molar refractivity (Wildman–Crippen MR) is 105 cm³/mol. The zero-order chi connectivity index (χ0) is 18.5. The molecule has 4 N–H and O–H groups in total. The number of hydrogen-bond acceptors (Lipinski definition) is 4. The Labute approximate surface area is 154 Å². The van der Waals surface area contributed by atoms with Gasteiger partial charge in [0.25, 0.3) is 11.5 Å². The molecule has 26 heavy (non-hydrogen) atoms. The summed E-state index contributed by atoms with van der Waals surface area (Å²) in [7, 11) is 0. The van der Waals surface area contributed by atoms with Crippen LogP contribution in [0.2, 0.25) is 0 Å². The van der Waals surface area contributed by atoms with Gasteiger partial charge in [-0.15, -0.1) is 0 Å². The molecule has 1 heterocycles. The minimum absolute atomic E-state index is 0.101. The molecule has 0 aliphatic rings. The molecule has 0 saturated carbocycles. The first-order valence-corrected chi connectivity index (χ1v) is 8.43. The van der Waals surface area contributed by atoms with Crippen molar-refractivity contribution < 1.29 is 4.79 Å². The Kier molecular flexibility index (Phi) is 5.23. The van der Waals surface area contributed by atoms with E-state index in [-0.39, 0.29) is 16.4 Å². The van der Waals surface area contributed by atoms with Crippen molar-refractivity contribution in [2.45, 2.75) is 13.3 Å². The quantitative estimate of drug-likeness (QED) is 0.418. The second-order valence-corrected chi connectivity index (χ2v) is 5.90. The highest BCUT2D eigenvalue weighted by Gasteiger charge is 2.14. The molecular formula is C18H17N5O2S. The van der Waals surface area contributed by atoms with Crippen LogP contribution in [0.15, 0.2) is 53.3 Å². The third-order valence-electron chi connectivity index (χ3n) is 3.85. The Morgan fingerprint density at radius 2 is 1.77 bits per heavy atom. The second-order valence-electron chi connectivity index (χ2n) is 5.49. The van der Waals surface area contributed by atoms with Crippen molar-refractivity contribution in [2.24, 2.45) is 0 Å². The summed E-state index contributed by atoms with van der Waals surface area (Å²) in [6.45, 7) is 2.05. The molecule has 3 aromatic rings. The highest BCUT2D eigenvalue weighted by Crippen LogP contribution is 2.15. The number of hydrogen-bond donors (Lipinski definition) is 4. The molecule has 1 amide bonds. The summed E-state index contributed by atoms with van der Waals surface area (Å²) < 4.78 is 0. The molecule has 0 unspecified atom stereocenters. The molecule has 8 heteroatoms. The van der Waals surface area contributed by atoms with Gasteiger partial charge in [0, 0.05) is 11.1 Å². The third-order valence-corrected chi connectivity index (χ3v) is 4.05. The number of aryl methyl sites for hydroxylation is 1. The fraction of sp³-hybridized carbons (Fsp3) is 0.111. The van der Waals surface area contributed by atoms with Gasteiger partial charge in [-0.25, -0.2) is 5.10 Å². The molecule has 0 spiro atoms. The van der Waals surface area contributed by atoms with Crippen LogP contribution < -0.4 is 21.7 Å². The number of nitrogens with zero attached hydrogens (tertiary/aromatic N) is 1. The van der Waals surface area contributed by atoms with E-state index >= 15 is 0 Å². The SMILES string of the molecule is CCc1ccccc1NC(=S)NNC(=O)c1n[nH]c(=O)c2ccccc12. The first kappa shape index (κ1) is 17.6. The summed E-state index contributed by atoms with van der Waals surface area (Å²) in [5.41, 5.74) is 6.87. The van der Waals surface area contributed by atoms with Crippen LogP contribution in [0, 0.1) is 0 Å². The van der Waals surface area contributed by atoms with Gasteiger partial charge >= 0.3 is 0 Å². The Hall–Kier alpha value is -3.26. The lowest BCUT2D eigenvalue weighted by molar-refractivity contribution is 0.0940. The summed E-state index contributed by atoms with van der Waals surface area (Å²) in [6.07, 6.45) is 0.853. The van der Waals surface area contributed by atoms with E-state index in [1.165, 1.54) is 0 Å². The van der Waals surface area contributed by atoms with E-state index in [4.69, 9.17) is 12.2 Å². The Morgan fingerprint density at radius 1 is 1.08 bits per heavy atom. The average Bonchev–Trinajstić information content (AvgIpc) is 2.67. The summed E-state index contributed by atoms with van der Waals surface area (Å²) in [5.74, 6) is -0.509. The highest BCUT2D eigenvalue weighted by atomic mass is 32.1. The van der Waals surface area contributed by atoms with E-state index in [0.717, 1.165) is 17.7 Å². The predicted octanol–water partition coefficient (Wildman–Crippen LogP) is 2.12. The normalized spacial score (nSPS) is 10.3. The maximum Gasteiger partial charge on any atom is 0.290 e. The molecular weight excluding hydrogens is 350 g/mol. The lowest BCUT2D eigenvalue weighted by atomic mass is 10.1. The molecule has 2 aromatic carbocycles. The number of anilines is 1. The van der Waals surface area contributed by atoms with Crippen LogP contribution in [-0.2, 0) is 6.42 Å². The number of hydrazine groups is 1. The number of para-hydroxylation sites is 1. The highest BCUT2D eigenvalue weighted by molar-refractivity contribution is 7.80. The van der Waals surface area contributed by atoms with Gasteiger partial charge in [-0.2, -0.15) is 5.10 Å². The fourth-order valence-electron chi connectivity index (χ4n) is 2.56. The lowest BCUT2D eigenvalue weighted by Crippen LogP contribution is -2.44. The number of fused-ring (bicyclic) bond motifs is 1. The number of thiocarbonyl (C=S) groups is 1. The van der Waals surface area contributed by atoms with E-state index < -0.39 is 5.91 Å². The van der Waals surface area contributed by atoms with E-state index in [2.05, 4.69) is 26.4 Å². The number of aromatic amines is 1. The van der Waals surface area contributed by atoms with Gasteiger partial charge in [-0.1, -0.05) is 43.3 Å². The van der Waals surface area contributed by atoms with Crippen molar-refractivity contribution in [3.8, 4) is 0 Å². The van der Waals surface area contributed by atoms with Crippen molar-refractivity contribution in [1.29, 1.82) is 0 Å². The molecule has 7 nitrogen and oxygen atoms in total. The number of aromatic nitrogens is 2. The lowest BCUT2D eigenvalue weighted by Gasteiger charge is -2.14. The van der Waals surface area contributed by atoms with Crippen LogP contribution >= 0.6 is 12.2 Å². The van der Waals surface area contributed by atoms with Crippen LogP contribution in [0.3, 0.4) is 0 Å². The van der Waals surface area contributed by atoms with Crippen molar-refractivity contribution >= 4 is 39.7 Å². The van der Waals surface area contributed by atoms with Crippen molar-refractivity contribution in [3.63, 3.8) is 0 Å².